The molecule has 0 unspecified atom stereocenters. The van der Waals surface area contributed by atoms with Gasteiger partial charge in [-0.1, -0.05) is 6.07 Å². The van der Waals surface area contributed by atoms with E-state index in [1.807, 2.05) is 24.1 Å². The highest BCUT2D eigenvalue weighted by molar-refractivity contribution is 5.79. The van der Waals surface area contributed by atoms with Crippen LogP contribution in [0.1, 0.15) is 11.1 Å². The molecule has 1 aliphatic heterocycles. The minimum absolute atomic E-state index is 0.528. The van der Waals surface area contributed by atoms with Crippen molar-refractivity contribution in [1.82, 2.24) is 19.7 Å². The van der Waals surface area contributed by atoms with E-state index in [-0.39, 0.29) is 0 Å². The summed E-state index contributed by atoms with van der Waals surface area (Å²) in [7, 11) is 1.97. The molecule has 0 amide bonds. The van der Waals surface area contributed by atoms with Crippen LogP contribution in [0.15, 0.2) is 42.9 Å². The van der Waals surface area contributed by atoms with Crippen molar-refractivity contribution in [2.75, 3.05) is 26.3 Å². The lowest BCUT2D eigenvalue weighted by atomic mass is 9.98. The lowest BCUT2D eigenvalue weighted by Crippen LogP contribution is -2.30. The van der Waals surface area contributed by atoms with Crippen LogP contribution in [0.4, 0.5) is 0 Å². The smallest absolute Gasteiger partial charge is 0.0593 e. The molecule has 0 spiro atoms. The summed E-state index contributed by atoms with van der Waals surface area (Å²) in [4.78, 5) is 5.75. The van der Waals surface area contributed by atoms with Crippen molar-refractivity contribution in [3.63, 3.8) is 0 Å². The third-order valence-electron chi connectivity index (χ3n) is 4.73. The molecule has 1 fully saturated rings. The molecule has 0 radical (unpaired) electrons. The molecule has 3 heterocycles. The van der Waals surface area contributed by atoms with Crippen molar-refractivity contribution < 1.29 is 4.74 Å². The highest BCUT2D eigenvalue weighted by Gasteiger charge is 2.19. The van der Waals surface area contributed by atoms with Gasteiger partial charge in [0.2, 0.25) is 0 Å². The van der Waals surface area contributed by atoms with E-state index in [9.17, 15) is 0 Å². The van der Waals surface area contributed by atoms with Crippen LogP contribution in [0.3, 0.4) is 0 Å². The minimum atomic E-state index is 0.528. The average Bonchev–Trinajstić information content (AvgIpc) is 3.13. The number of benzene rings is 1. The van der Waals surface area contributed by atoms with Crippen molar-refractivity contribution in [2.24, 2.45) is 13.0 Å². The number of rotatable bonds is 4. The summed E-state index contributed by atoms with van der Waals surface area (Å²) in [6, 6.07) is 8.84. The first-order chi connectivity index (χ1) is 11.8. The maximum absolute atomic E-state index is 5.86. The Hall–Kier alpha value is -2.11. The molecule has 0 aliphatic carbocycles. The summed E-state index contributed by atoms with van der Waals surface area (Å²) >= 11 is 0. The number of H-pyrrole nitrogens is 1. The van der Waals surface area contributed by atoms with Gasteiger partial charge >= 0.3 is 0 Å². The number of ether oxygens (including phenoxy) is 1. The van der Waals surface area contributed by atoms with E-state index in [4.69, 9.17) is 4.74 Å². The summed E-state index contributed by atoms with van der Waals surface area (Å²) in [5, 5.41) is 5.56. The van der Waals surface area contributed by atoms with Gasteiger partial charge in [0, 0.05) is 50.2 Å². The monoisotopic (exact) mass is 324 g/mol. The molecule has 1 N–H and O–H groups in total. The number of nitrogens with zero attached hydrogens (tertiary/aromatic N) is 3. The van der Waals surface area contributed by atoms with Crippen LogP contribution in [0.5, 0.6) is 0 Å². The van der Waals surface area contributed by atoms with Gasteiger partial charge in [-0.15, -0.1) is 0 Å². The molecule has 1 saturated heterocycles. The van der Waals surface area contributed by atoms with Gasteiger partial charge < -0.3 is 9.72 Å². The molecule has 1 aliphatic rings. The Morgan fingerprint density at radius 2 is 2.25 bits per heavy atom. The zero-order valence-corrected chi connectivity index (χ0v) is 14.1. The van der Waals surface area contributed by atoms with E-state index in [1.165, 1.54) is 22.0 Å². The van der Waals surface area contributed by atoms with Crippen LogP contribution in [0.25, 0.3) is 10.9 Å². The topological polar surface area (TPSA) is 46.1 Å². The molecule has 4 rings (SSSR count). The van der Waals surface area contributed by atoms with Crippen LogP contribution in [0.2, 0.25) is 0 Å². The zero-order valence-electron chi connectivity index (χ0n) is 14.1. The van der Waals surface area contributed by atoms with E-state index in [0.29, 0.717) is 5.92 Å². The molecular weight excluding hydrogens is 300 g/mol. The molecule has 0 bridgehead atoms. The van der Waals surface area contributed by atoms with Gasteiger partial charge in [-0.3, -0.25) is 9.58 Å². The van der Waals surface area contributed by atoms with E-state index in [2.05, 4.69) is 45.4 Å². The molecule has 126 valence electrons. The Morgan fingerprint density at radius 1 is 1.29 bits per heavy atom. The summed E-state index contributed by atoms with van der Waals surface area (Å²) in [5.74, 6) is 0.528. The Kier molecular flexibility index (Phi) is 4.36. The van der Waals surface area contributed by atoms with Gasteiger partial charge in [-0.05, 0) is 41.5 Å². The first-order valence-corrected chi connectivity index (χ1v) is 8.60. The molecule has 1 aromatic carbocycles. The minimum Gasteiger partial charge on any atom is -0.380 e. The number of aryl methyl sites for hydroxylation is 1. The molecule has 1 atom stereocenters. The molecule has 5 nitrogen and oxygen atoms in total. The van der Waals surface area contributed by atoms with Crippen LogP contribution in [-0.2, 0) is 24.8 Å². The Balaban J connectivity index is 1.43. The largest absolute Gasteiger partial charge is 0.380 e. The fraction of sp³-hybridized carbons (Fsp3) is 0.421. The van der Waals surface area contributed by atoms with Crippen LogP contribution >= 0.6 is 0 Å². The van der Waals surface area contributed by atoms with Crippen molar-refractivity contribution in [1.29, 1.82) is 0 Å². The number of aromatic nitrogens is 3. The van der Waals surface area contributed by atoms with Gasteiger partial charge in [0.15, 0.2) is 0 Å². The van der Waals surface area contributed by atoms with Gasteiger partial charge in [-0.25, -0.2) is 0 Å². The normalized spacial score (nSPS) is 19.6. The van der Waals surface area contributed by atoms with Gasteiger partial charge in [0.25, 0.3) is 0 Å². The predicted molar refractivity (Wildman–Crippen MR) is 94.8 cm³/mol. The van der Waals surface area contributed by atoms with E-state index >= 15 is 0 Å². The third kappa shape index (κ3) is 3.52. The molecular formula is C19H24N4O. The lowest BCUT2D eigenvalue weighted by Gasteiger charge is -2.22. The molecule has 3 aromatic rings. The zero-order chi connectivity index (χ0) is 16.4. The number of fused-ring (bicyclic) bond motifs is 1. The third-order valence-corrected chi connectivity index (χ3v) is 4.73. The summed E-state index contributed by atoms with van der Waals surface area (Å²) in [5.41, 5.74) is 3.86. The number of aromatic amines is 1. The maximum atomic E-state index is 5.86. The first-order valence-electron chi connectivity index (χ1n) is 8.60. The first kappa shape index (κ1) is 15.4. The summed E-state index contributed by atoms with van der Waals surface area (Å²) in [6.45, 7) is 4.66. The van der Waals surface area contributed by atoms with Crippen molar-refractivity contribution in [2.45, 2.75) is 13.0 Å². The number of nitrogens with one attached hydrogen (secondary N) is 1. The Labute approximate surface area is 142 Å². The Morgan fingerprint density at radius 3 is 3.12 bits per heavy atom. The van der Waals surface area contributed by atoms with Crippen LogP contribution < -0.4 is 0 Å². The standard InChI is InChI=1S/C19H24N4O/c1-22-11-17(10-21-22)13-23-6-7-24-14-16(12-23)8-15-2-3-19-18(9-15)4-5-20-19/h2-5,9-11,16,20H,6-8,12-14H2,1H3/t16-/m0/s1. The van der Waals surface area contributed by atoms with Crippen LogP contribution in [-0.4, -0.2) is 46.0 Å². The van der Waals surface area contributed by atoms with Crippen molar-refractivity contribution in [3.8, 4) is 0 Å². The quantitative estimate of drug-likeness (QED) is 0.802. The van der Waals surface area contributed by atoms with Gasteiger partial charge in [0.1, 0.15) is 0 Å². The maximum Gasteiger partial charge on any atom is 0.0593 e. The average molecular weight is 324 g/mol. The molecule has 24 heavy (non-hydrogen) atoms. The van der Waals surface area contributed by atoms with Gasteiger partial charge in [-0.2, -0.15) is 5.10 Å². The van der Waals surface area contributed by atoms with Crippen molar-refractivity contribution >= 4 is 10.9 Å². The molecule has 0 saturated carbocycles. The fourth-order valence-corrected chi connectivity index (χ4v) is 3.59. The summed E-state index contributed by atoms with van der Waals surface area (Å²) in [6.07, 6.45) is 7.12. The SMILES string of the molecule is Cn1cc(CN2CCOC[C@@H](Cc3ccc4[nH]ccc4c3)C2)cn1. The second kappa shape index (κ2) is 6.79. The van der Waals surface area contributed by atoms with Gasteiger partial charge in [0.05, 0.1) is 19.4 Å². The van der Waals surface area contributed by atoms with E-state index in [1.54, 1.807) is 0 Å². The summed E-state index contributed by atoms with van der Waals surface area (Å²) < 4.78 is 7.72. The highest BCUT2D eigenvalue weighted by Crippen LogP contribution is 2.19. The number of hydrogen-bond acceptors (Lipinski definition) is 3. The lowest BCUT2D eigenvalue weighted by molar-refractivity contribution is 0.121. The Bertz CT molecular complexity index is 806. The van der Waals surface area contributed by atoms with Crippen LogP contribution in [0, 0.1) is 5.92 Å². The second-order valence-electron chi connectivity index (χ2n) is 6.80. The number of hydrogen-bond donors (Lipinski definition) is 1. The second-order valence-corrected chi connectivity index (χ2v) is 6.80. The molecule has 2 aromatic heterocycles. The van der Waals surface area contributed by atoms with Crippen molar-refractivity contribution in [3.05, 3.63) is 54.0 Å². The molecule has 5 heteroatoms. The predicted octanol–water partition coefficient (Wildman–Crippen LogP) is 2.59. The van der Waals surface area contributed by atoms with E-state index < -0.39 is 0 Å². The fourth-order valence-electron chi connectivity index (χ4n) is 3.59. The highest BCUT2D eigenvalue weighted by atomic mass is 16.5. The van der Waals surface area contributed by atoms with E-state index in [0.717, 1.165) is 39.3 Å².